The third kappa shape index (κ3) is 3.89. The van der Waals surface area contributed by atoms with Crippen LogP contribution in [0.1, 0.15) is 27.4 Å². The van der Waals surface area contributed by atoms with Gasteiger partial charge in [0.1, 0.15) is 5.82 Å². The lowest BCUT2D eigenvalue weighted by Gasteiger charge is -2.16. The van der Waals surface area contributed by atoms with Gasteiger partial charge in [0, 0.05) is 43.2 Å². The fraction of sp³-hybridized carbons (Fsp3) is 0.368. The Balaban J connectivity index is 1.39. The Morgan fingerprint density at radius 1 is 1.21 bits per heavy atom. The molecule has 1 aliphatic rings. The van der Waals surface area contributed by atoms with E-state index in [2.05, 4.69) is 25.5 Å². The van der Waals surface area contributed by atoms with Gasteiger partial charge in [0.15, 0.2) is 0 Å². The summed E-state index contributed by atoms with van der Waals surface area (Å²) in [5, 5.41) is 21.8. The van der Waals surface area contributed by atoms with E-state index >= 15 is 0 Å². The highest BCUT2D eigenvalue weighted by Gasteiger charge is 2.34. The normalized spacial score (nSPS) is 19.1. The highest BCUT2D eigenvalue weighted by molar-refractivity contribution is 5.94. The molecule has 28 heavy (non-hydrogen) atoms. The molecule has 0 aliphatic carbocycles. The fourth-order valence-corrected chi connectivity index (χ4v) is 3.43. The van der Waals surface area contributed by atoms with Crippen LogP contribution >= 0.6 is 0 Å². The molecule has 2 atom stereocenters. The zero-order valence-electron chi connectivity index (χ0n) is 15.5. The van der Waals surface area contributed by atoms with Gasteiger partial charge in [-0.05, 0) is 41.5 Å². The molecular weight excluding hydrogens is 358 g/mol. The molecule has 0 spiro atoms. The van der Waals surface area contributed by atoms with Crippen LogP contribution in [0.4, 0.5) is 0 Å². The van der Waals surface area contributed by atoms with E-state index in [0.717, 1.165) is 17.1 Å². The Labute approximate surface area is 162 Å². The average Bonchev–Trinajstić information content (AvgIpc) is 3.28. The van der Waals surface area contributed by atoms with Gasteiger partial charge in [0.2, 0.25) is 0 Å². The minimum absolute atomic E-state index is 0.0392. The lowest BCUT2D eigenvalue weighted by molar-refractivity contribution is 0.0764. The van der Waals surface area contributed by atoms with Crippen molar-refractivity contribution in [3.05, 3.63) is 65.5 Å². The number of aromatic nitrogens is 6. The summed E-state index contributed by atoms with van der Waals surface area (Å²) >= 11 is 0. The van der Waals surface area contributed by atoms with E-state index in [0.29, 0.717) is 31.6 Å². The predicted octanol–water partition coefficient (Wildman–Crippen LogP) is 0.495. The van der Waals surface area contributed by atoms with Gasteiger partial charge in [-0.1, -0.05) is 12.1 Å². The molecule has 9 nitrogen and oxygen atoms in total. The number of hydrogen-bond acceptors (Lipinski definition) is 7. The second-order valence-corrected chi connectivity index (χ2v) is 7.02. The smallest absolute Gasteiger partial charge is 0.253 e. The number of benzene rings is 1. The van der Waals surface area contributed by atoms with Crippen molar-refractivity contribution in [3.8, 4) is 0 Å². The summed E-state index contributed by atoms with van der Waals surface area (Å²) in [6, 6.07) is 7.41. The standard InChI is InChI=1S/C19H21N7O2/c1-13-22-23-24-26(13)10-14-2-4-15(5-3-14)19(28)25-11-16(18(27)12-25)8-17-9-20-6-7-21-17/h2-7,9,16,18,27H,8,10-12H2,1H3/t16-,18-/m1/s1. The van der Waals surface area contributed by atoms with Crippen molar-refractivity contribution in [2.75, 3.05) is 13.1 Å². The van der Waals surface area contributed by atoms with E-state index in [1.807, 2.05) is 19.1 Å². The van der Waals surface area contributed by atoms with Gasteiger partial charge in [0.05, 0.1) is 18.3 Å². The first kappa shape index (κ1) is 18.2. The van der Waals surface area contributed by atoms with Crippen molar-refractivity contribution in [3.63, 3.8) is 0 Å². The zero-order valence-corrected chi connectivity index (χ0v) is 15.5. The molecule has 0 saturated carbocycles. The minimum atomic E-state index is -0.562. The number of carbonyl (C=O) groups is 1. The van der Waals surface area contributed by atoms with Crippen LogP contribution in [0.15, 0.2) is 42.9 Å². The lowest BCUT2D eigenvalue weighted by atomic mass is 10.0. The molecule has 0 unspecified atom stereocenters. The third-order valence-electron chi connectivity index (χ3n) is 5.03. The van der Waals surface area contributed by atoms with Gasteiger partial charge in [0.25, 0.3) is 5.91 Å². The third-order valence-corrected chi connectivity index (χ3v) is 5.03. The first-order valence-electron chi connectivity index (χ1n) is 9.14. The number of amides is 1. The number of tetrazole rings is 1. The number of aryl methyl sites for hydroxylation is 1. The van der Waals surface area contributed by atoms with Gasteiger partial charge in [-0.3, -0.25) is 14.8 Å². The molecule has 9 heteroatoms. The maximum absolute atomic E-state index is 12.8. The molecule has 2 aromatic heterocycles. The fourth-order valence-electron chi connectivity index (χ4n) is 3.43. The molecule has 1 fully saturated rings. The van der Waals surface area contributed by atoms with E-state index in [1.54, 1.807) is 40.3 Å². The highest BCUT2D eigenvalue weighted by atomic mass is 16.3. The van der Waals surface area contributed by atoms with Gasteiger partial charge in [-0.2, -0.15) is 0 Å². The van der Waals surface area contributed by atoms with E-state index in [-0.39, 0.29) is 11.8 Å². The van der Waals surface area contributed by atoms with Crippen LogP contribution < -0.4 is 0 Å². The molecule has 144 valence electrons. The summed E-state index contributed by atoms with van der Waals surface area (Å²) < 4.78 is 1.70. The lowest BCUT2D eigenvalue weighted by Crippen LogP contribution is -2.29. The number of hydrogen-bond donors (Lipinski definition) is 1. The van der Waals surface area contributed by atoms with Crippen LogP contribution in [0.2, 0.25) is 0 Å². The number of rotatable bonds is 5. The highest BCUT2D eigenvalue weighted by Crippen LogP contribution is 2.22. The number of carbonyl (C=O) groups excluding carboxylic acids is 1. The van der Waals surface area contributed by atoms with Crippen LogP contribution in [0.3, 0.4) is 0 Å². The van der Waals surface area contributed by atoms with Gasteiger partial charge in [-0.15, -0.1) is 5.10 Å². The molecular formula is C19H21N7O2. The topological polar surface area (TPSA) is 110 Å². The van der Waals surface area contributed by atoms with E-state index in [1.165, 1.54) is 0 Å². The van der Waals surface area contributed by atoms with Gasteiger partial charge in [-0.25, -0.2) is 4.68 Å². The second kappa shape index (κ2) is 7.81. The summed E-state index contributed by atoms with van der Waals surface area (Å²) in [4.78, 5) is 22.8. The molecule has 4 rings (SSSR count). The SMILES string of the molecule is Cc1nnnn1Cc1ccc(C(=O)N2C[C@@H](Cc3cnccn3)[C@H](O)C2)cc1. The van der Waals surface area contributed by atoms with Crippen LogP contribution in [-0.4, -0.2) is 65.3 Å². The number of likely N-dealkylation sites (tertiary alicyclic amines) is 1. The zero-order chi connectivity index (χ0) is 19.5. The van der Waals surface area contributed by atoms with Crippen LogP contribution in [-0.2, 0) is 13.0 Å². The van der Waals surface area contributed by atoms with Crippen LogP contribution in [0.25, 0.3) is 0 Å². The summed E-state index contributed by atoms with van der Waals surface area (Å²) in [7, 11) is 0. The van der Waals surface area contributed by atoms with Crippen molar-refractivity contribution in [1.82, 2.24) is 35.1 Å². The molecule has 0 radical (unpaired) electrons. The Morgan fingerprint density at radius 3 is 2.71 bits per heavy atom. The van der Waals surface area contributed by atoms with Crippen molar-refractivity contribution >= 4 is 5.91 Å². The molecule has 1 aliphatic heterocycles. The number of nitrogens with zero attached hydrogens (tertiary/aromatic N) is 7. The molecule has 1 saturated heterocycles. The number of β-amino-alcohol motifs (C(OH)–C–C–N with tert-alkyl or cyclic N) is 1. The molecule has 3 heterocycles. The first-order valence-corrected chi connectivity index (χ1v) is 9.14. The Morgan fingerprint density at radius 2 is 2.04 bits per heavy atom. The van der Waals surface area contributed by atoms with Crippen molar-refractivity contribution in [2.45, 2.75) is 26.0 Å². The summed E-state index contributed by atoms with van der Waals surface area (Å²) in [6.07, 6.45) is 4.99. The Bertz CT molecular complexity index is 942. The van der Waals surface area contributed by atoms with Crippen molar-refractivity contribution < 1.29 is 9.90 Å². The van der Waals surface area contributed by atoms with Crippen LogP contribution in [0, 0.1) is 12.8 Å². The minimum Gasteiger partial charge on any atom is -0.391 e. The predicted molar refractivity (Wildman–Crippen MR) is 99.2 cm³/mol. The molecule has 3 aromatic rings. The van der Waals surface area contributed by atoms with E-state index < -0.39 is 6.10 Å². The average molecular weight is 379 g/mol. The van der Waals surface area contributed by atoms with E-state index in [9.17, 15) is 9.90 Å². The summed E-state index contributed by atoms with van der Waals surface area (Å²) in [5.41, 5.74) is 2.43. The Kier molecular flexibility index (Phi) is 5.07. The molecule has 1 amide bonds. The molecule has 0 bridgehead atoms. The van der Waals surface area contributed by atoms with Gasteiger partial charge >= 0.3 is 0 Å². The maximum atomic E-state index is 12.8. The molecule has 1 aromatic carbocycles. The summed E-state index contributed by atoms with van der Waals surface area (Å²) in [5.74, 6) is 0.619. The molecule has 1 N–H and O–H groups in total. The van der Waals surface area contributed by atoms with Crippen molar-refractivity contribution in [1.29, 1.82) is 0 Å². The number of aliphatic hydroxyl groups is 1. The van der Waals surface area contributed by atoms with Crippen molar-refractivity contribution in [2.24, 2.45) is 5.92 Å². The quantitative estimate of drug-likeness (QED) is 0.687. The maximum Gasteiger partial charge on any atom is 0.253 e. The summed E-state index contributed by atoms with van der Waals surface area (Å²) in [6.45, 7) is 3.22. The van der Waals surface area contributed by atoms with E-state index in [4.69, 9.17) is 0 Å². The van der Waals surface area contributed by atoms with Crippen LogP contribution in [0.5, 0.6) is 0 Å². The number of aliphatic hydroxyl groups excluding tert-OH is 1. The monoisotopic (exact) mass is 379 g/mol. The largest absolute Gasteiger partial charge is 0.391 e. The first-order chi connectivity index (χ1) is 13.6. The van der Waals surface area contributed by atoms with Gasteiger partial charge < -0.3 is 10.0 Å². The Hall–Kier alpha value is -3.20. The second-order valence-electron chi connectivity index (χ2n) is 7.02.